The van der Waals surface area contributed by atoms with Gasteiger partial charge in [0, 0.05) is 0 Å². The Balaban J connectivity index is 1.88. The highest BCUT2D eigenvalue weighted by Crippen LogP contribution is 2.22. The Bertz CT molecular complexity index is 584. The van der Waals surface area contributed by atoms with Gasteiger partial charge < -0.3 is 15.4 Å². The van der Waals surface area contributed by atoms with Crippen LogP contribution in [0.2, 0.25) is 0 Å². The van der Waals surface area contributed by atoms with Crippen LogP contribution in [0, 0.1) is 0 Å². The summed E-state index contributed by atoms with van der Waals surface area (Å²) in [6, 6.07) is 17.4. The Labute approximate surface area is 125 Å². The van der Waals surface area contributed by atoms with E-state index in [4.69, 9.17) is 4.74 Å². The molecular weight excluding hydrogens is 264 g/mol. The summed E-state index contributed by atoms with van der Waals surface area (Å²) >= 11 is 0. The molecule has 0 saturated carbocycles. The SMILES string of the molecule is COc1ccccc1NCC(=O)N[C@@H](C)c1ccccc1. The van der Waals surface area contributed by atoms with Crippen molar-refractivity contribution in [2.75, 3.05) is 19.0 Å². The van der Waals surface area contributed by atoms with Crippen LogP contribution >= 0.6 is 0 Å². The van der Waals surface area contributed by atoms with E-state index in [1.807, 2.05) is 61.5 Å². The van der Waals surface area contributed by atoms with E-state index in [1.165, 1.54) is 0 Å². The van der Waals surface area contributed by atoms with E-state index in [-0.39, 0.29) is 18.5 Å². The van der Waals surface area contributed by atoms with Crippen LogP contribution in [0.15, 0.2) is 54.6 Å². The summed E-state index contributed by atoms with van der Waals surface area (Å²) in [7, 11) is 1.61. The molecule has 0 unspecified atom stereocenters. The lowest BCUT2D eigenvalue weighted by Crippen LogP contribution is -2.32. The van der Waals surface area contributed by atoms with Gasteiger partial charge in [-0.25, -0.2) is 0 Å². The fraction of sp³-hybridized carbons (Fsp3) is 0.235. The number of nitrogens with one attached hydrogen (secondary N) is 2. The number of benzene rings is 2. The molecule has 0 bridgehead atoms. The van der Waals surface area contributed by atoms with Gasteiger partial charge in [-0.2, -0.15) is 0 Å². The van der Waals surface area contributed by atoms with Gasteiger partial charge in [-0.1, -0.05) is 42.5 Å². The number of para-hydroxylation sites is 2. The van der Waals surface area contributed by atoms with E-state index >= 15 is 0 Å². The van der Waals surface area contributed by atoms with Crippen LogP contribution in [0.1, 0.15) is 18.5 Å². The third-order valence-electron chi connectivity index (χ3n) is 3.22. The maximum Gasteiger partial charge on any atom is 0.239 e. The molecule has 2 rings (SSSR count). The van der Waals surface area contributed by atoms with Crippen LogP contribution in [0.5, 0.6) is 5.75 Å². The molecule has 0 aliphatic heterocycles. The van der Waals surface area contributed by atoms with Gasteiger partial charge >= 0.3 is 0 Å². The maximum absolute atomic E-state index is 12.0. The topological polar surface area (TPSA) is 50.4 Å². The number of hydrogen-bond donors (Lipinski definition) is 2. The number of hydrogen-bond acceptors (Lipinski definition) is 3. The van der Waals surface area contributed by atoms with Crippen molar-refractivity contribution in [3.63, 3.8) is 0 Å². The van der Waals surface area contributed by atoms with E-state index in [0.29, 0.717) is 0 Å². The molecule has 4 heteroatoms. The Hall–Kier alpha value is -2.49. The van der Waals surface area contributed by atoms with Crippen molar-refractivity contribution in [2.45, 2.75) is 13.0 Å². The summed E-state index contributed by atoms with van der Waals surface area (Å²) in [4.78, 5) is 12.0. The minimum Gasteiger partial charge on any atom is -0.495 e. The van der Waals surface area contributed by atoms with E-state index in [1.54, 1.807) is 7.11 Å². The Morgan fingerprint density at radius 3 is 2.48 bits per heavy atom. The summed E-state index contributed by atoms with van der Waals surface area (Å²) in [6.07, 6.45) is 0. The van der Waals surface area contributed by atoms with Crippen molar-refractivity contribution < 1.29 is 9.53 Å². The summed E-state index contributed by atoms with van der Waals surface area (Å²) in [5.74, 6) is 0.665. The van der Waals surface area contributed by atoms with Crippen LogP contribution in [0.4, 0.5) is 5.69 Å². The summed E-state index contributed by atoms with van der Waals surface area (Å²) < 4.78 is 5.23. The first-order chi connectivity index (χ1) is 10.2. The highest BCUT2D eigenvalue weighted by Gasteiger charge is 2.09. The molecule has 2 aromatic carbocycles. The zero-order valence-corrected chi connectivity index (χ0v) is 12.3. The van der Waals surface area contributed by atoms with Gasteiger partial charge in [-0.05, 0) is 24.6 Å². The minimum absolute atomic E-state index is 0.0156. The molecule has 110 valence electrons. The number of carbonyl (C=O) groups is 1. The first kappa shape index (κ1) is 14.9. The number of rotatable bonds is 6. The van der Waals surface area contributed by atoms with E-state index in [0.717, 1.165) is 17.0 Å². The molecule has 0 fully saturated rings. The second kappa shape index (κ2) is 7.33. The molecule has 0 saturated heterocycles. The van der Waals surface area contributed by atoms with Crippen molar-refractivity contribution in [1.29, 1.82) is 0 Å². The third-order valence-corrected chi connectivity index (χ3v) is 3.22. The molecule has 0 spiro atoms. The van der Waals surface area contributed by atoms with Crippen LogP contribution in [-0.4, -0.2) is 19.6 Å². The zero-order chi connectivity index (χ0) is 15.1. The standard InChI is InChI=1S/C17H20N2O2/c1-13(14-8-4-3-5-9-14)19-17(20)12-18-15-10-6-7-11-16(15)21-2/h3-11,13,18H,12H2,1-2H3,(H,19,20)/t13-/m0/s1. The molecule has 0 heterocycles. The predicted molar refractivity (Wildman–Crippen MR) is 84.5 cm³/mol. The predicted octanol–water partition coefficient (Wildman–Crippen LogP) is 2.98. The number of anilines is 1. The largest absolute Gasteiger partial charge is 0.495 e. The van der Waals surface area contributed by atoms with Crippen molar-refractivity contribution >= 4 is 11.6 Å². The fourth-order valence-corrected chi connectivity index (χ4v) is 2.08. The Kier molecular flexibility index (Phi) is 5.21. The first-order valence-corrected chi connectivity index (χ1v) is 6.92. The van der Waals surface area contributed by atoms with Crippen molar-refractivity contribution in [3.05, 3.63) is 60.2 Å². The van der Waals surface area contributed by atoms with E-state index in [9.17, 15) is 4.79 Å². The summed E-state index contributed by atoms with van der Waals surface area (Å²) in [5, 5.41) is 6.05. The molecule has 0 aromatic heterocycles. The molecule has 2 N–H and O–H groups in total. The second-order valence-electron chi connectivity index (χ2n) is 4.75. The lowest BCUT2D eigenvalue weighted by atomic mass is 10.1. The van der Waals surface area contributed by atoms with Crippen LogP contribution < -0.4 is 15.4 Å². The van der Waals surface area contributed by atoms with Crippen LogP contribution in [0.25, 0.3) is 0 Å². The molecule has 1 amide bonds. The van der Waals surface area contributed by atoms with E-state index < -0.39 is 0 Å². The quantitative estimate of drug-likeness (QED) is 0.857. The molecule has 21 heavy (non-hydrogen) atoms. The zero-order valence-electron chi connectivity index (χ0n) is 12.3. The normalized spacial score (nSPS) is 11.5. The maximum atomic E-state index is 12.0. The Morgan fingerprint density at radius 2 is 1.76 bits per heavy atom. The number of methoxy groups -OCH3 is 1. The summed E-state index contributed by atoms with van der Waals surface area (Å²) in [6.45, 7) is 2.17. The van der Waals surface area contributed by atoms with E-state index in [2.05, 4.69) is 10.6 Å². The van der Waals surface area contributed by atoms with Gasteiger partial charge in [-0.15, -0.1) is 0 Å². The third kappa shape index (κ3) is 4.24. The smallest absolute Gasteiger partial charge is 0.239 e. The molecular formula is C17H20N2O2. The van der Waals surface area contributed by atoms with Crippen LogP contribution in [0.3, 0.4) is 0 Å². The van der Waals surface area contributed by atoms with Gasteiger partial charge in [0.2, 0.25) is 5.91 Å². The molecule has 2 aromatic rings. The Morgan fingerprint density at radius 1 is 1.10 bits per heavy atom. The van der Waals surface area contributed by atoms with Gasteiger partial charge in [0.15, 0.2) is 0 Å². The number of amides is 1. The van der Waals surface area contributed by atoms with Gasteiger partial charge in [0.05, 0.1) is 25.4 Å². The summed E-state index contributed by atoms with van der Waals surface area (Å²) in [5.41, 5.74) is 1.89. The van der Waals surface area contributed by atoms with Gasteiger partial charge in [0.1, 0.15) is 5.75 Å². The monoisotopic (exact) mass is 284 g/mol. The van der Waals surface area contributed by atoms with Crippen molar-refractivity contribution in [1.82, 2.24) is 5.32 Å². The molecule has 0 radical (unpaired) electrons. The average Bonchev–Trinajstić information content (AvgIpc) is 2.54. The highest BCUT2D eigenvalue weighted by atomic mass is 16.5. The average molecular weight is 284 g/mol. The molecule has 1 atom stereocenters. The highest BCUT2D eigenvalue weighted by molar-refractivity contribution is 5.81. The lowest BCUT2D eigenvalue weighted by molar-refractivity contribution is -0.120. The minimum atomic E-state index is -0.0581. The van der Waals surface area contributed by atoms with Gasteiger partial charge in [0.25, 0.3) is 0 Å². The molecule has 0 aliphatic rings. The molecule has 0 aliphatic carbocycles. The fourth-order valence-electron chi connectivity index (χ4n) is 2.08. The molecule has 4 nitrogen and oxygen atoms in total. The first-order valence-electron chi connectivity index (χ1n) is 6.92. The van der Waals surface area contributed by atoms with Crippen LogP contribution in [-0.2, 0) is 4.79 Å². The van der Waals surface area contributed by atoms with Crippen molar-refractivity contribution in [2.24, 2.45) is 0 Å². The lowest BCUT2D eigenvalue weighted by Gasteiger charge is -2.15. The second-order valence-corrected chi connectivity index (χ2v) is 4.75. The van der Waals surface area contributed by atoms with Gasteiger partial charge in [-0.3, -0.25) is 4.79 Å². The number of ether oxygens (including phenoxy) is 1. The van der Waals surface area contributed by atoms with Crippen molar-refractivity contribution in [3.8, 4) is 5.75 Å². The number of carbonyl (C=O) groups excluding carboxylic acids is 1.